The monoisotopic (exact) mass is 355 g/mol. The van der Waals surface area contributed by atoms with E-state index in [1.807, 2.05) is 45.9 Å². The highest BCUT2D eigenvalue weighted by molar-refractivity contribution is 5.92. The second kappa shape index (κ2) is 9.27. The number of amides is 1. The third-order valence-electron chi connectivity index (χ3n) is 4.19. The number of hydrogen-bond donors (Lipinski definition) is 1. The molecule has 0 bridgehead atoms. The molecule has 0 aliphatic heterocycles. The van der Waals surface area contributed by atoms with E-state index in [2.05, 4.69) is 24.4 Å². The summed E-state index contributed by atoms with van der Waals surface area (Å²) in [5.74, 6) is 1.50. The van der Waals surface area contributed by atoms with Crippen molar-refractivity contribution in [3.05, 3.63) is 52.6 Å². The standard InChI is InChI=1S/C22H29NO3/c1-6-25-19-10-8-18(14-20(19)26-7-2)9-11-21(24)23-22-16(4)12-15(3)13-17(22)5/h8,10,12-14H,6-7,9,11H2,1-5H3,(H,23,24). The number of carbonyl (C=O) groups is 1. The molecule has 0 radical (unpaired) electrons. The van der Waals surface area contributed by atoms with Crippen molar-refractivity contribution in [2.45, 2.75) is 47.5 Å². The van der Waals surface area contributed by atoms with Crippen LogP contribution in [-0.4, -0.2) is 19.1 Å². The molecule has 26 heavy (non-hydrogen) atoms. The van der Waals surface area contributed by atoms with E-state index in [0.29, 0.717) is 26.1 Å². The summed E-state index contributed by atoms with van der Waals surface area (Å²) < 4.78 is 11.2. The number of nitrogens with one attached hydrogen (secondary N) is 1. The summed E-state index contributed by atoms with van der Waals surface area (Å²) in [6, 6.07) is 10.0. The first-order valence-corrected chi connectivity index (χ1v) is 9.20. The predicted molar refractivity (Wildman–Crippen MR) is 106 cm³/mol. The molecule has 2 aromatic rings. The van der Waals surface area contributed by atoms with E-state index in [1.165, 1.54) is 5.56 Å². The second-order valence-electron chi connectivity index (χ2n) is 6.47. The molecule has 1 N–H and O–H groups in total. The zero-order valence-electron chi connectivity index (χ0n) is 16.4. The van der Waals surface area contributed by atoms with Crippen LogP contribution in [0.4, 0.5) is 5.69 Å². The average molecular weight is 355 g/mol. The molecular weight excluding hydrogens is 326 g/mol. The van der Waals surface area contributed by atoms with Crippen molar-refractivity contribution in [1.82, 2.24) is 0 Å². The Morgan fingerprint density at radius 2 is 1.54 bits per heavy atom. The van der Waals surface area contributed by atoms with E-state index in [9.17, 15) is 4.79 Å². The molecule has 0 atom stereocenters. The molecule has 0 aromatic heterocycles. The first kappa shape index (κ1) is 19.8. The van der Waals surface area contributed by atoms with Gasteiger partial charge in [0.05, 0.1) is 13.2 Å². The molecule has 0 spiro atoms. The van der Waals surface area contributed by atoms with E-state index < -0.39 is 0 Å². The Kier molecular flexibility index (Phi) is 7.07. The van der Waals surface area contributed by atoms with Gasteiger partial charge in [0.15, 0.2) is 11.5 Å². The molecule has 2 rings (SSSR count). The van der Waals surface area contributed by atoms with E-state index in [-0.39, 0.29) is 5.91 Å². The molecule has 0 heterocycles. The van der Waals surface area contributed by atoms with Crippen molar-refractivity contribution >= 4 is 11.6 Å². The summed E-state index contributed by atoms with van der Waals surface area (Å²) in [4.78, 5) is 12.4. The van der Waals surface area contributed by atoms with Gasteiger partial charge in [0.25, 0.3) is 0 Å². The van der Waals surface area contributed by atoms with Crippen LogP contribution in [0, 0.1) is 20.8 Å². The largest absolute Gasteiger partial charge is 0.490 e. The highest BCUT2D eigenvalue weighted by Gasteiger charge is 2.10. The van der Waals surface area contributed by atoms with Crippen molar-refractivity contribution in [2.24, 2.45) is 0 Å². The minimum absolute atomic E-state index is 0.0203. The number of anilines is 1. The lowest BCUT2D eigenvalue weighted by Gasteiger charge is -2.14. The average Bonchev–Trinajstić information content (AvgIpc) is 2.58. The Hall–Kier alpha value is -2.49. The van der Waals surface area contributed by atoms with Gasteiger partial charge in [0.1, 0.15) is 0 Å². The fourth-order valence-electron chi connectivity index (χ4n) is 3.09. The molecular formula is C22H29NO3. The molecule has 140 valence electrons. The van der Waals surface area contributed by atoms with Crippen LogP contribution < -0.4 is 14.8 Å². The number of benzene rings is 2. The lowest BCUT2D eigenvalue weighted by molar-refractivity contribution is -0.116. The smallest absolute Gasteiger partial charge is 0.224 e. The van der Waals surface area contributed by atoms with E-state index in [0.717, 1.165) is 33.9 Å². The number of rotatable bonds is 8. The molecule has 0 fully saturated rings. The maximum absolute atomic E-state index is 12.4. The molecule has 2 aromatic carbocycles. The summed E-state index contributed by atoms with van der Waals surface area (Å²) in [6.45, 7) is 11.2. The third kappa shape index (κ3) is 5.25. The maximum atomic E-state index is 12.4. The second-order valence-corrected chi connectivity index (χ2v) is 6.47. The Balaban J connectivity index is 2.02. The van der Waals surface area contributed by atoms with Gasteiger partial charge in [0.2, 0.25) is 5.91 Å². The fraction of sp³-hybridized carbons (Fsp3) is 0.409. The van der Waals surface area contributed by atoms with Gasteiger partial charge in [-0.15, -0.1) is 0 Å². The normalized spacial score (nSPS) is 10.5. The van der Waals surface area contributed by atoms with Gasteiger partial charge in [-0.1, -0.05) is 23.8 Å². The zero-order chi connectivity index (χ0) is 19.1. The van der Waals surface area contributed by atoms with E-state index >= 15 is 0 Å². The summed E-state index contributed by atoms with van der Waals surface area (Å²) in [6.07, 6.45) is 1.08. The lowest BCUT2D eigenvalue weighted by atomic mass is 10.0. The number of carbonyl (C=O) groups excluding carboxylic acids is 1. The Bertz CT molecular complexity index is 745. The molecule has 0 saturated heterocycles. The molecule has 1 amide bonds. The Morgan fingerprint density at radius 1 is 0.923 bits per heavy atom. The minimum Gasteiger partial charge on any atom is -0.490 e. The predicted octanol–water partition coefficient (Wildman–Crippen LogP) is 4.98. The molecule has 4 nitrogen and oxygen atoms in total. The van der Waals surface area contributed by atoms with Gasteiger partial charge < -0.3 is 14.8 Å². The van der Waals surface area contributed by atoms with Crippen molar-refractivity contribution < 1.29 is 14.3 Å². The van der Waals surface area contributed by atoms with Crippen molar-refractivity contribution in [3.63, 3.8) is 0 Å². The summed E-state index contributed by atoms with van der Waals surface area (Å²) in [5, 5.41) is 3.05. The minimum atomic E-state index is 0.0203. The van der Waals surface area contributed by atoms with Gasteiger partial charge in [-0.25, -0.2) is 0 Å². The van der Waals surface area contributed by atoms with Crippen LogP contribution in [0.15, 0.2) is 30.3 Å². The Morgan fingerprint density at radius 3 is 2.15 bits per heavy atom. The van der Waals surface area contributed by atoms with Gasteiger partial charge in [-0.05, 0) is 69.9 Å². The van der Waals surface area contributed by atoms with Crippen molar-refractivity contribution in [1.29, 1.82) is 0 Å². The third-order valence-corrected chi connectivity index (χ3v) is 4.19. The molecule has 0 aliphatic rings. The van der Waals surface area contributed by atoms with Crippen LogP contribution in [0.25, 0.3) is 0 Å². The molecule has 0 saturated carbocycles. The maximum Gasteiger partial charge on any atom is 0.224 e. The molecule has 4 heteroatoms. The van der Waals surface area contributed by atoms with Gasteiger partial charge in [-0.3, -0.25) is 4.79 Å². The zero-order valence-corrected chi connectivity index (χ0v) is 16.4. The summed E-state index contributed by atoms with van der Waals surface area (Å²) >= 11 is 0. The van der Waals surface area contributed by atoms with Crippen LogP contribution in [-0.2, 0) is 11.2 Å². The number of ether oxygens (including phenoxy) is 2. The van der Waals surface area contributed by atoms with E-state index in [1.54, 1.807) is 0 Å². The first-order valence-electron chi connectivity index (χ1n) is 9.20. The van der Waals surface area contributed by atoms with Crippen molar-refractivity contribution in [2.75, 3.05) is 18.5 Å². The molecule has 0 unspecified atom stereocenters. The molecule has 0 aliphatic carbocycles. The van der Waals surface area contributed by atoms with Gasteiger partial charge >= 0.3 is 0 Å². The fourth-order valence-corrected chi connectivity index (χ4v) is 3.09. The van der Waals surface area contributed by atoms with Crippen LogP contribution in [0.5, 0.6) is 11.5 Å². The highest BCUT2D eigenvalue weighted by atomic mass is 16.5. The summed E-state index contributed by atoms with van der Waals surface area (Å²) in [5.41, 5.74) is 5.37. The van der Waals surface area contributed by atoms with Crippen molar-refractivity contribution in [3.8, 4) is 11.5 Å². The van der Waals surface area contributed by atoms with E-state index in [4.69, 9.17) is 9.47 Å². The van der Waals surface area contributed by atoms with Crippen LogP contribution >= 0.6 is 0 Å². The van der Waals surface area contributed by atoms with Gasteiger partial charge in [0, 0.05) is 12.1 Å². The lowest BCUT2D eigenvalue weighted by Crippen LogP contribution is -2.14. The Labute approximate surface area is 156 Å². The number of hydrogen-bond acceptors (Lipinski definition) is 3. The number of aryl methyl sites for hydroxylation is 4. The van der Waals surface area contributed by atoms with Gasteiger partial charge in [-0.2, -0.15) is 0 Å². The van der Waals surface area contributed by atoms with Crippen LogP contribution in [0.1, 0.15) is 42.5 Å². The summed E-state index contributed by atoms with van der Waals surface area (Å²) in [7, 11) is 0. The topological polar surface area (TPSA) is 47.6 Å². The van der Waals surface area contributed by atoms with Crippen LogP contribution in [0.3, 0.4) is 0 Å². The highest BCUT2D eigenvalue weighted by Crippen LogP contribution is 2.29. The first-order chi connectivity index (χ1) is 12.4. The SMILES string of the molecule is CCOc1ccc(CCC(=O)Nc2c(C)cc(C)cc2C)cc1OCC. The quantitative estimate of drug-likeness (QED) is 0.726. The van der Waals surface area contributed by atoms with Crippen LogP contribution in [0.2, 0.25) is 0 Å².